The van der Waals surface area contributed by atoms with Gasteiger partial charge in [-0.1, -0.05) is 12.1 Å². The lowest BCUT2D eigenvalue weighted by molar-refractivity contribution is 0.183. The van der Waals surface area contributed by atoms with E-state index in [1.807, 2.05) is 6.07 Å². The maximum atomic E-state index is 9.31. The molecule has 0 bridgehead atoms. The fourth-order valence-electron chi connectivity index (χ4n) is 0.936. The highest BCUT2D eigenvalue weighted by molar-refractivity contribution is 5.28. The first-order chi connectivity index (χ1) is 5.74. The number of hydrogen-bond donors (Lipinski definition) is 2. The molecule has 1 aromatic carbocycles. The van der Waals surface area contributed by atoms with Gasteiger partial charge in [0.25, 0.3) is 0 Å². The van der Waals surface area contributed by atoms with Crippen molar-refractivity contribution >= 4 is 0 Å². The Morgan fingerprint density at radius 3 is 2.83 bits per heavy atom. The Kier molecular flexibility index (Phi) is 2.67. The molecule has 62 valence electrons. The van der Waals surface area contributed by atoms with Crippen molar-refractivity contribution in [2.24, 2.45) is 0 Å². The average Bonchev–Trinajstić information content (AvgIpc) is 2.05. The number of benzene rings is 1. The van der Waals surface area contributed by atoms with Crippen LogP contribution in [0, 0.1) is 11.3 Å². The largest absolute Gasteiger partial charge is 0.508 e. The number of phenols is 1. The van der Waals surface area contributed by atoms with Crippen LogP contribution in [0.25, 0.3) is 0 Å². The first-order valence-electron chi connectivity index (χ1n) is 3.58. The summed E-state index contributed by atoms with van der Waals surface area (Å²) in [5.41, 5.74) is 0.566. The molecule has 1 rings (SSSR count). The van der Waals surface area contributed by atoms with Gasteiger partial charge in [-0.25, -0.2) is 0 Å². The smallest absolute Gasteiger partial charge is 0.115 e. The number of nitrogens with zero attached hydrogens (tertiary/aromatic N) is 1. The minimum atomic E-state index is -0.804. The van der Waals surface area contributed by atoms with Crippen LogP contribution in [0.4, 0.5) is 0 Å². The number of nitriles is 1. The van der Waals surface area contributed by atoms with Crippen LogP contribution in [0.2, 0.25) is 0 Å². The van der Waals surface area contributed by atoms with Gasteiger partial charge in [0.1, 0.15) is 5.75 Å². The molecule has 0 amide bonds. The zero-order valence-corrected chi connectivity index (χ0v) is 6.44. The summed E-state index contributed by atoms with van der Waals surface area (Å²) in [7, 11) is 0. The average molecular weight is 163 g/mol. The van der Waals surface area contributed by atoms with E-state index in [2.05, 4.69) is 0 Å². The minimum absolute atomic E-state index is 0.0451. The van der Waals surface area contributed by atoms with Crippen molar-refractivity contribution in [2.75, 3.05) is 0 Å². The van der Waals surface area contributed by atoms with Crippen LogP contribution in [0.15, 0.2) is 24.3 Å². The van der Waals surface area contributed by atoms with Gasteiger partial charge < -0.3 is 10.2 Å². The Bertz CT molecular complexity index is 304. The Morgan fingerprint density at radius 1 is 1.50 bits per heavy atom. The first kappa shape index (κ1) is 8.57. The van der Waals surface area contributed by atoms with Gasteiger partial charge in [0.05, 0.1) is 18.6 Å². The molecule has 0 aromatic heterocycles. The second-order valence-electron chi connectivity index (χ2n) is 2.47. The van der Waals surface area contributed by atoms with Crippen molar-refractivity contribution in [1.29, 1.82) is 5.26 Å². The summed E-state index contributed by atoms with van der Waals surface area (Å²) in [6, 6.07) is 8.12. The van der Waals surface area contributed by atoms with Crippen molar-refractivity contribution in [3.63, 3.8) is 0 Å². The van der Waals surface area contributed by atoms with Crippen LogP contribution in [0.3, 0.4) is 0 Å². The molecule has 3 nitrogen and oxygen atoms in total. The van der Waals surface area contributed by atoms with E-state index in [4.69, 9.17) is 10.4 Å². The summed E-state index contributed by atoms with van der Waals surface area (Å²) in [4.78, 5) is 0. The highest BCUT2D eigenvalue weighted by Crippen LogP contribution is 2.19. The van der Waals surface area contributed by atoms with Gasteiger partial charge in [-0.15, -0.1) is 0 Å². The number of aromatic hydroxyl groups is 1. The highest BCUT2D eigenvalue weighted by Gasteiger charge is 2.06. The molecule has 0 radical (unpaired) electrons. The fraction of sp³-hybridized carbons (Fsp3) is 0.222. The first-order valence-corrected chi connectivity index (χ1v) is 3.58. The topological polar surface area (TPSA) is 64.2 Å². The third-order valence-corrected chi connectivity index (χ3v) is 1.54. The fourth-order valence-corrected chi connectivity index (χ4v) is 0.936. The molecule has 0 saturated carbocycles. The minimum Gasteiger partial charge on any atom is -0.508 e. The number of hydrogen-bond acceptors (Lipinski definition) is 3. The highest BCUT2D eigenvalue weighted by atomic mass is 16.3. The second kappa shape index (κ2) is 3.74. The maximum absolute atomic E-state index is 9.31. The summed E-state index contributed by atoms with van der Waals surface area (Å²) in [5.74, 6) is 0.101. The second-order valence-corrected chi connectivity index (χ2v) is 2.47. The summed E-state index contributed by atoms with van der Waals surface area (Å²) in [5, 5.41) is 26.6. The third kappa shape index (κ3) is 1.97. The number of aliphatic hydroxyl groups excluding tert-OH is 1. The van der Waals surface area contributed by atoms with Crippen LogP contribution in [0.1, 0.15) is 18.1 Å². The summed E-state index contributed by atoms with van der Waals surface area (Å²) in [6.07, 6.45) is -0.759. The number of rotatable bonds is 2. The van der Waals surface area contributed by atoms with Gasteiger partial charge in [0, 0.05) is 0 Å². The van der Waals surface area contributed by atoms with E-state index < -0.39 is 6.10 Å². The van der Waals surface area contributed by atoms with E-state index >= 15 is 0 Å². The summed E-state index contributed by atoms with van der Waals surface area (Å²) < 4.78 is 0. The molecule has 0 aliphatic heterocycles. The summed E-state index contributed by atoms with van der Waals surface area (Å²) in [6.45, 7) is 0. The van der Waals surface area contributed by atoms with Crippen LogP contribution >= 0.6 is 0 Å². The maximum Gasteiger partial charge on any atom is 0.115 e. The number of aliphatic hydroxyl groups is 1. The molecule has 0 aliphatic rings. The normalized spacial score (nSPS) is 12.0. The van der Waals surface area contributed by atoms with Gasteiger partial charge in [0.2, 0.25) is 0 Å². The van der Waals surface area contributed by atoms with Gasteiger partial charge in [-0.05, 0) is 17.7 Å². The molecule has 1 aromatic rings. The van der Waals surface area contributed by atoms with Crippen LogP contribution in [-0.4, -0.2) is 10.2 Å². The predicted molar refractivity (Wildman–Crippen MR) is 43.3 cm³/mol. The van der Waals surface area contributed by atoms with Crippen molar-refractivity contribution in [3.05, 3.63) is 29.8 Å². The van der Waals surface area contributed by atoms with Crippen molar-refractivity contribution in [2.45, 2.75) is 12.5 Å². The number of phenolic OH excluding ortho intramolecular Hbond substituents is 1. The lowest BCUT2D eigenvalue weighted by atomic mass is 10.1. The molecule has 0 spiro atoms. The molecule has 0 saturated heterocycles. The standard InChI is InChI=1S/C9H9NO2/c10-5-4-9(12)7-2-1-3-8(11)6-7/h1-3,6,9,11-12H,4H2/t9-/m1/s1. The van der Waals surface area contributed by atoms with Gasteiger partial charge >= 0.3 is 0 Å². The predicted octanol–water partition coefficient (Wildman–Crippen LogP) is 1.34. The molecular weight excluding hydrogens is 154 g/mol. The van der Waals surface area contributed by atoms with E-state index in [9.17, 15) is 5.11 Å². The monoisotopic (exact) mass is 163 g/mol. The van der Waals surface area contributed by atoms with E-state index in [0.717, 1.165) is 0 Å². The zero-order chi connectivity index (χ0) is 8.97. The van der Waals surface area contributed by atoms with Gasteiger partial charge in [0.15, 0.2) is 0 Å². The molecule has 3 heteroatoms. The Morgan fingerprint density at radius 2 is 2.25 bits per heavy atom. The van der Waals surface area contributed by atoms with Crippen LogP contribution in [0.5, 0.6) is 5.75 Å². The van der Waals surface area contributed by atoms with Gasteiger partial charge in [-0.2, -0.15) is 5.26 Å². The molecule has 0 fully saturated rings. The molecular formula is C9H9NO2. The SMILES string of the molecule is N#CC[C@@H](O)c1cccc(O)c1. The van der Waals surface area contributed by atoms with E-state index in [-0.39, 0.29) is 12.2 Å². The quantitative estimate of drug-likeness (QED) is 0.691. The lowest BCUT2D eigenvalue weighted by Gasteiger charge is -2.05. The Hall–Kier alpha value is -1.53. The molecule has 0 aliphatic carbocycles. The Labute approximate surface area is 70.5 Å². The van der Waals surface area contributed by atoms with E-state index in [1.54, 1.807) is 12.1 Å². The lowest BCUT2D eigenvalue weighted by Crippen LogP contribution is -1.94. The van der Waals surface area contributed by atoms with Crippen LogP contribution in [-0.2, 0) is 0 Å². The third-order valence-electron chi connectivity index (χ3n) is 1.54. The van der Waals surface area contributed by atoms with Crippen molar-refractivity contribution in [1.82, 2.24) is 0 Å². The zero-order valence-electron chi connectivity index (χ0n) is 6.44. The molecule has 0 heterocycles. The van der Waals surface area contributed by atoms with E-state index in [0.29, 0.717) is 5.56 Å². The Balaban J connectivity index is 2.82. The molecule has 0 unspecified atom stereocenters. The van der Waals surface area contributed by atoms with E-state index in [1.165, 1.54) is 12.1 Å². The molecule has 2 N–H and O–H groups in total. The molecule has 1 atom stereocenters. The van der Waals surface area contributed by atoms with Crippen molar-refractivity contribution in [3.8, 4) is 11.8 Å². The molecule has 12 heavy (non-hydrogen) atoms. The van der Waals surface area contributed by atoms with Gasteiger partial charge in [-0.3, -0.25) is 0 Å². The van der Waals surface area contributed by atoms with Crippen molar-refractivity contribution < 1.29 is 10.2 Å². The van der Waals surface area contributed by atoms with Crippen LogP contribution < -0.4 is 0 Å². The summed E-state index contributed by atoms with van der Waals surface area (Å²) >= 11 is 0.